The number of rotatable bonds is 3. The first-order valence-electron chi connectivity index (χ1n) is 7.42. The number of cyclic esters (lactones) is 1. The summed E-state index contributed by atoms with van der Waals surface area (Å²) in [5, 5.41) is 4.44. The van der Waals surface area contributed by atoms with E-state index in [2.05, 4.69) is 15.0 Å². The van der Waals surface area contributed by atoms with Gasteiger partial charge in [-0.05, 0) is 39.2 Å². The van der Waals surface area contributed by atoms with Crippen molar-refractivity contribution in [3.8, 4) is 0 Å². The van der Waals surface area contributed by atoms with Gasteiger partial charge in [-0.3, -0.25) is 9.69 Å². The van der Waals surface area contributed by atoms with Gasteiger partial charge < -0.3 is 4.74 Å². The van der Waals surface area contributed by atoms with Crippen LogP contribution in [-0.2, 0) is 16.1 Å². The maximum atomic E-state index is 11.7. The van der Waals surface area contributed by atoms with E-state index in [1.54, 1.807) is 0 Å². The minimum absolute atomic E-state index is 0.0172. The predicted octanol–water partition coefficient (Wildman–Crippen LogP) is 0.922. The molecule has 0 aromatic carbocycles. The Hall–Kier alpha value is -1.43. The van der Waals surface area contributed by atoms with Crippen molar-refractivity contribution >= 4 is 5.97 Å². The Morgan fingerprint density at radius 2 is 2.20 bits per heavy atom. The second-order valence-electron chi connectivity index (χ2n) is 5.86. The van der Waals surface area contributed by atoms with Crippen LogP contribution in [0.25, 0.3) is 0 Å². The van der Waals surface area contributed by atoms with E-state index in [4.69, 9.17) is 4.74 Å². The minimum atomic E-state index is -0.0431. The summed E-state index contributed by atoms with van der Waals surface area (Å²) in [5.41, 5.74) is 0. The summed E-state index contributed by atoms with van der Waals surface area (Å²) in [6.45, 7) is 7.35. The van der Waals surface area contributed by atoms with Gasteiger partial charge in [0.1, 0.15) is 17.7 Å². The Labute approximate surface area is 119 Å². The lowest BCUT2D eigenvalue weighted by Crippen LogP contribution is -2.45. The molecule has 20 heavy (non-hydrogen) atoms. The minimum Gasteiger partial charge on any atom is -0.464 e. The van der Waals surface area contributed by atoms with Crippen LogP contribution < -0.4 is 0 Å². The largest absolute Gasteiger partial charge is 0.464 e. The zero-order chi connectivity index (χ0) is 14.1. The Balaban J connectivity index is 1.63. The Bertz CT molecular complexity index is 499. The molecule has 0 radical (unpaired) electrons. The molecular formula is C14H22N4O2. The predicted molar refractivity (Wildman–Crippen MR) is 73.2 cm³/mol. The van der Waals surface area contributed by atoms with Gasteiger partial charge in [-0.1, -0.05) is 0 Å². The normalized spacial score (nSPS) is 27.8. The average molecular weight is 278 g/mol. The summed E-state index contributed by atoms with van der Waals surface area (Å²) in [6, 6.07) is -0.0172. The van der Waals surface area contributed by atoms with Crippen molar-refractivity contribution in [1.29, 1.82) is 0 Å². The molecular weight excluding hydrogens is 256 g/mol. The first-order valence-corrected chi connectivity index (χ1v) is 7.42. The lowest BCUT2D eigenvalue weighted by Gasteiger charge is -2.35. The molecule has 0 aliphatic carbocycles. The second-order valence-corrected chi connectivity index (χ2v) is 5.86. The molecule has 3 rings (SSSR count). The molecule has 2 aliphatic rings. The molecule has 0 amide bonds. The molecule has 1 aromatic rings. The van der Waals surface area contributed by atoms with Crippen molar-refractivity contribution in [3.63, 3.8) is 0 Å². The summed E-state index contributed by atoms with van der Waals surface area (Å²) in [7, 11) is 0. The van der Waals surface area contributed by atoms with Gasteiger partial charge >= 0.3 is 5.97 Å². The van der Waals surface area contributed by atoms with Crippen LogP contribution in [0.5, 0.6) is 0 Å². The van der Waals surface area contributed by atoms with E-state index in [0.29, 0.717) is 12.5 Å². The van der Waals surface area contributed by atoms with E-state index >= 15 is 0 Å². The monoisotopic (exact) mass is 278 g/mol. The number of aryl methyl sites for hydroxylation is 2. The van der Waals surface area contributed by atoms with Crippen LogP contribution in [-0.4, -0.2) is 51.4 Å². The van der Waals surface area contributed by atoms with Crippen molar-refractivity contribution in [2.45, 2.75) is 45.7 Å². The zero-order valence-corrected chi connectivity index (χ0v) is 12.2. The molecule has 110 valence electrons. The van der Waals surface area contributed by atoms with Crippen molar-refractivity contribution < 1.29 is 9.53 Å². The summed E-state index contributed by atoms with van der Waals surface area (Å²) in [6.07, 6.45) is 3.17. The Morgan fingerprint density at radius 1 is 1.35 bits per heavy atom. The number of nitrogens with zero attached hydrogens (tertiary/aromatic N) is 4. The Morgan fingerprint density at radius 3 is 2.85 bits per heavy atom. The third-order valence-corrected chi connectivity index (χ3v) is 4.29. The Kier molecular flexibility index (Phi) is 3.74. The second kappa shape index (κ2) is 5.52. The molecule has 2 atom stereocenters. The number of aromatic nitrogens is 3. The fourth-order valence-corrected chi connectivity index (χ4v) is 3.33. The molecule has 6 heteroatoms. The van der Waals surface area contributed by atoms with E-state index in [1.807, 2.05) is 18.5 Å². The van der Waals surface area contributed by atoms with Gasteiger partial charge in [0.25, 0.3) is 0 Å². The third-order valence-electron chi connectivity index (χ3n) is 4.29. The quantitative estimate of drug-likeness (QED) is 0.770. The summed E-state index contributed by atoms with van der Waals surface area (Å²) in [5.74, 6) is 2.30. The number of likely N-dealkylation sites (tertiary alicyclic amines) is 1. The number of esters is 1. The third kappa shape index (κ3) is 2.70. The summed E-state index contributed by atoms with van der Waals surface area (Å²) >= 11 is 0. The SMILES string of the molecule is Cc1nc(C)n(C[C@H]2CCCN([C@@H]3CCOC3=O)C2)n1. The fraction of sp³-hybridized carbons (Fsp3) is 0.786. The van der Waals surface area contributed by atoms with Crippen molar-refractivity contribution in [3.05, 3.63) is 11.6 Å². The zero-order valence-electron chi connectivity index (χ0n) is 12.2. The molecule has 6 nitrogen and oxygen atoms in total. The molecule has 0 N–H and O–H groups in total. The summed E-state index contributed by atoms with van der Waals surface area (Å²) in [4.78, 5) is 18.3. The van der Waals surface area contributed by atoms with Crippen LogP contribution in [0.1, 0.15) is 30.9 Å². The highest BCUT2D eigenvalue weighted by Crippen LogP contribution is 2.24. The lowest BCUT2D eigenvalue weighted by atomic mass is 9.96. The number of hydrogen-bond donors (Lipinski definition) is 0. The van der Waals surface area contributed by atoms with Crippen LogP contribution in [0.2, 0.25) is 0 Å². The van der Waals surface area contributed by atoms with Gasteiger partial charge in [0.2, 0.25) is 0 Å². The molecule has 2 aliphatic heterocycles. The van der Waals surface area contributed by atoms with Crippen LogP contribution in [0, 0.1) is 19.8 Å². The lowest BCUT2D eigenvalue weighted by molar-refractivity contribution is -0.142. The maximum Gasteiger partial charge on any atom is 0.323 e. The van der Waals surface area contributed by atoms with Gasteiger partial charge in [-0.25, -0.2) is 9.67 Å². The van der Waals surface area contributed by atoms with Gasteiger partial charge in [0.05, 0.1) is 6.61 Å². The maximum absolute atomic E-state index is 11.7. The van der Waals surface area contributed by atoms with Crippen LogP contribution in [0.3, 0.4) is 0 Å². The van der Waals surface area contributed by atoms with Crippen LogP contribution in [0.4, 0.5) is 0 Å². The molecule has 0 unspecified atom stereocenters. The molecule has 2 saturated heterocycles. The fourth-order valence-electron chi connectivity index (χ4n) is 3.33. The number of carbonyl (C=O) groups excluding carboxylic acids is 1. The molecule has 1 aromatic heterocycles. The van der Waals surface area contributed by atoms with Crippen molar-refractivity contribution in [1.82, 2.24) is 19.7 Å². The highest BCUT2D eigenvalue weighted by molar-refractivity contribution is 5.77. The highest BCUT2D eigenvalue weighted by atomic mass is 16.5. The molecule has 0 spiro atoms. The van der Waals surface area contributed by atoms with Crippen LogP contribution in [0.15, 0.2) is 0 Å². The molecule has 0 saturated carbocycles. The van der Waals surface area contributed by atoms with Crippen LogP contribution >= 0.6 is 0 Å². The smallest absolute Gasteiger partial charge is 0.323 e. The molecule has 2 fully saturated rings. The number of piperidine rings is 1. The van der Waals surface area contributed by atoms with E-state index in [9.17, 15) is 4.79 Å². The van der Waals surface area contributed by atoms with Crippen molar-refractivity contribution in [2.24, 2.45) is 5.92 Å². The average Bonchev–Trinajstić information content (AvgIpc) is 2.96. The topological polar surface area (TPSA) is 60.2 Å². The van der Waals surface area contributed by atoms with Gasteiger partial charge in [-0.15, -0.1) is 0 Å². The first-order chi connectivity index (χ1) is 9.63. The molecule has 0 bridgehead atoms. The number of hydrogen-bond acceptors (Lipinski definition) is 5. The van der Waals surface area contributed by atoms with E-state index in [-0.39, 0.29) is 12.0 Å². The van der Waals surface area contributed by atoms with E-state index in [0.717, 1.165) is 44.1 Å². The number of ether oxygens (including phenoxy) is 1. The first kappa shape index (κ1) is 13.5. The van der Waals surface area contributed by atoms with Gasteiger partial charge in [0, 0.05) is 19.5 Å². The number of carbonyl (C=O) groups is 1. The van der Waals surface area contributed by atoms with Gasteiger partial charge in [-0.2, -0.15) is 5.10 Å². The summed E-state index contributed by atoms with van der Waals surface area (Å²) < 4.78 is 7.08. The highest BCUT2D eigenvalue weighted by Gasteiger charge is 2.35. The molecule has 3 heterocycles. The standard InChI is InChI=1S/C14H22N4O2/c1-10-15-11(2)18(16-10)9-12-4-3-6-17(8-12)13-5-7-20-14(13)19/h12-13H,3-9H2,1-2H3/t12-,13+/m0/s1. The van der Waals surface area contributed by atoms with E-state index in [1.165, 1.54) is 6.42 Å². The van der Waals surface area contributed by atoms with E-state index < -0.39 is 0 Å². The van der Waals surface area contributed by atoms with Gasteiger partial charge in [0.15, 0.2) is 0 Å². The van der Waals surface area contributed by atoms with Crippen molar-refractivity contribution in [2.75, 3.05) is 19.7 Å².